The highest BCUT2D eigenvalue weighted by Gasteiger charge is 2.10. The van der Waals surface area contributed by atoms with Crippen molar-refractivity contribution in [2.24, 2.45) is 0 Å². The van der Waals surface area contributed by atoms with Crippen LogP contribution in [0.15, 0.2) is 57.9 Å². The third kappa shape index (κ3) is 3.46. The minimum Gasteiger partial charge on any atom is -0.322 e. The summed E-state index contributed by atoms with van der Waals surface area (Å²) in [5.74, 6) is -0.260. The molecule has 0 aliphatic rings. The van der Waals surface area contributed by atoms with Gasteiger partial charge in [-0.05, 0) is 52.3 Å². The van der Waals surface area contributed by atoms with Crippen LogP contribution in [0.2, 0.25) is 0 Å². The topological polar surface area (TPSA) is 63.2 Å². The van der Waals surface area contributed by atoms with Crippen LogP contribution in [-0.4, -0.2) is 20.6 Å². The van der Waals surface area contributed by atoms with Gasteiger partial charge in [0.25, 0.3) is 5.91 Å². The van der Waals surface area contributed by atoms with E-state index in [0.29, 0.717) is 15.7 Å². The van der Waals surface area contributed by atoms with Crippen molar-refractivity contribution in [1.82, 2.24) is 0 Å². The molecule has 2 aromatic rings. The average molecular weight is 354 g/mol. The molecule has 104 valence electrons. The van der Waals surface area contributed by atoms with Crippen LogP contribution in [0.5, 0.6) is 0 Å². The fourth-order valence-electron chi connectivity index (χ4n) is 1.63. The summed E-state index contributed by atoms with van der Waals surface area (Å²) < 4.78 is 23.4. The summed E-state index contributed by atoms with van der Waals surface area (Å²) in [5.41, 5.74) is 1.05. The van der Waals surface area contributed by atoms with Gasteiger partial charge in [-0.2, -0.15) is 0 Å². The predicted molar refractivity (Wildman–Crippen MR) is 81.6 cm³/mol. The Balaban J connectivity index is 2.19. The lowest BCUT2D eigenvalue weighted by Gasteiger charge is -2.07. The minimum atomic E-state index is -3.23. The van der Waals surface area contributed by atoms with Gasteiger partial charge in [0, 0.05) is 16.4 Å². The molecule has 0 aliphatic carbocycles. The molecule has 0 atom stereocenters. The number of benzene rings is 2. The molecule has 0 aromatic heterocycles. The number of carbonyl (C=O) groups excluding carboxylic acids is 1. The van der Waals surface area contributed by atoms with Crippen molar-refractivity contribution in [2.45, 2.75) is 4.90 Å². The number of rotatable bonds is 3. The van der Waals surface area contributed by atoms with Gasteiger partial charge in [0.05, 0.1) is 10.5 Å². The molecule has 6 heteroatoms. The normalized spacial score (nSPS) is 11.1. The number of halogens is 1. The van der Waals surface area contributed by atoms with E-state index in [2.05, 4.69) is 21.2 Å². The van der Waals surface area contributed by atoms with Crippen LogP contribution in [0.1, 0.15) is 10.4 Å². The van der Waals surface area contributed by atoms with Gasteiger partial charge in [0.1, 0.15) is 0 Å². The summed E-state index contributed by atoms with van der Waals surface area (Å²) in [5, 5.41) is 2.71. The number of nitrogens with one attached hydrogen (secondary N) is 1. The second-order valence-corrected chi connectivity index (χ2v) is 7.10. The lowest BCUT2D eigenvalue weighted by Crippen LogP contribution is -2.12. The van der Waals surface area contributed by atoms with E-state index in [1.165, 1.54) is 12.1 Å². The molecule has 2 rings (SSSR count). The molecule has 0 bridgehead atoms. The molecular formula is C14H12BrNO3S. The number of hydrogen-bond donors (Lipinski definition) is 1. The molecule has 0 fully saturated rings. The maximum Gasteiger partial charge on any atom is 0.256 e. The van der Waals surface area contributed by atoms with E-state index in [0.717, 1.165) is 6.26 Å². The Morgan fingerprint density at radius 1 is 1.05 bits per heavy atom. The number of anilines is 1. The van der Waals surface area contributed by atoms with Gasteiger partial charge >= 0.3 is 0 Å². The average Bonchev–Trinajstić information content (AvgIpc) is 2.38. The van der Waals surface area contributed by atoms with E-state index in [1.807, 2.05) is 6.07 Å². The van der Waals surface area contributed by atoms with E-state index in [4.69, 9.17) is 0 Å². The van der Waals surface area contributed by atoms with Crippen molar-refractivity contribution in [3.63, 3.8) is 0 Å². The Labute approximate surface area is 125 Å². The molecule has 1 amide bonds. The van der Waals surface area contributed by atoms with Gasteiger partial charge in [-0.1, -0.05) is 12.1 Å². The first-order valence-corrected chi connectivity index (χ1v) is 8.42. The van der Waals surface area contributed by atoms with E-state index >= 15 is 0 Å². The number of carbonyl (C=O) groups is 1. The Morgan fingerprint density at radius 3 is 2.20 bits per heavy atom. The van der Waals surface area contributed by atoms with Crippen LogP contribution in [-0.2, 0) is 9.84 Å². The number of sulfone groups is 1. The first-order chi connectivity index (χ1) is 9.38. The Morgan fingerprint density at radius 2 is 1.65 bits per heavy atom. The Hall–Kier alpha value is -1.66. The molecule has 0 radical (unpaired) electrons. The molecule has 2 aromatic carbocycles. The zero-order valence-corrected chi connectivity index (χ0v) is 13.0. The SMILES string of the molecule is CS(=O)(=O)c1ccc(NC(=O)c2ccccc2Br)cc1. The van der Waals surface area contributed by atoms with Crippen LogP contribution >= 0.6 is 15.9 Å². The molecule has 4 nitrogen and oxygen atoms in total. The van der Waals surface area contributed by atoms with Crippen LogP contribution in [0.25, 0.3) is 0 Å². The maximum absolute atomic E-state index is 12.1. The molecule has 0 aliphatic heterocycles. The summed E-state index contributed by atoms with van der Waals surface area (Å²) in [6, 6.07) is 13.1. The molecule has 1 N–H and O–H groups in total. The van der Waals surface area contributed by atoms with Gasteiger partial charge in [0.15, 0.2) is 9.84 Å². The minimum absolute atomic E-state index is 0.219. The first kappa shape index (κ1) is 14.7. The molecule has 0 unspecified atom stereocenters. The highest BCUT2D eigenvalue weighted by Crippen LogP contribution is 2.19. The number of hydrogen-bond acceptors (Lipinski definition) is 3. The second kappa shape index (κ2) is 5.76. The van der Waals surface area contributed by atoms with Crippen molar-refractivity contribution in [1.29, 1.82) is 0 Å². The molecule has 0 saturated carbocycles. The highest BCUT2D eigenvalue weighted by molar-refractivity contribution is 9.10. The summed E-state index contributed by atoms with van der Waals surface area (Å²) >= 11 is 3.31. The standard InChI is InChI=1S/C14H12BrNO3S/c1-20(18,19)11-8-6-10(7-9-11)16-14(17)12-4-2-3-5-13(12)15/h2-9H,1H3,(H,16,17). The quantitative estimate of drug-likeness (QED) is 0.921. The summed E-state index contributed by atoms with van der Waals surface area (Å²) in [4.78, 5) is 12.3. The number of amides is 1. The molecular weight excluding hydrogens is 342 g/mol. The van der Waals surface area contributed by atoms with E-state index in [9.17, 15) is 13.2 Å². The smallest absolute Gasteiger partial charge is 0.256 e. The van der Waals surface area contributed by atoms with Gasteiger partial charge in [0.2, 0.25) is 0 Å². The van der Waals surface area contributed by atoms with Gasteiger partial charge in [-0.15, -0.1) is 0 Å². The van der Waals surface area contributed by atoms with Crippen molar-refractivity contribution in [3.05, 3.63) is 58.6 Å². The fraction of sp³-hybridized carbons (Fsp3) is 0.0714. The monoisotopic (exact) mass is 353 g/mol. The first-order valence-electron chi connectivity index (χ1n) is 5.74. The van der Waals surface area contributed by atoms with Gasteiger partial charge in [-0.3, -0.25) is 4.79 Å². The largest absolute Gasteiger partial charge is 0.322 e. The zero-order valence-electron chi connectivity index (χ0n) is 10.6. The second-order valence-electron chi connectivity index (χ2n) is 4.23. The highest BCUT2D eigenvalue weighted by atomic mass is 79.9. The van der Waals surface area contributed by atoms with Crippen LogP contribution in [0, 0.1) is 0 Å². The van der Waals surface area contributed by atoms with E-state index in [1.54, 1.807) is 30.3 Å². The summed E-state index contributed by atoms with van der Waals surface area (Å²) in [6.45, 7) is 0. The predicted octanol–water partition coefficient (Wildman–Crippen LogP) is 3.10. The summed E-state index contributed by atoms with van der Waals surface area (Å²) in [6.07, 6.45) is 1.14. The Kier molecular flexibility index (Phi) is 4.25. The third-order valence-corrected chi connectivity index (χ3v) is 4.48. The molecule has 0 saturated heterocycles. The zero-order chi connectivity index (χ0) is 14.8. The Bertz CT molecular complexity index is 739. The molecule has 0 heterocycles. The van der Waals surface area contributed by atoms with Crippen molar-refractivity contribution >= 4 is 37.4 Å². The van der Waals surface area contributed by atoms with Gasteiger partial charge in [-0.25, -0.2) is 8.42 Å². The fourth-order valence-corrected chi connectivity index (χ4v) is 2.72. The lowest BCUT2D eigenvalue weighted by molar-refractivity contribution is 0.102. The summed E-state index contributed by atoms with van der Waals surface area (Å²) in [7, 11) is -3.23. The van der Waals surface area contributed by atoms with Crippen LogP contribution in [0.4, 0.5) is 5.69 Å². The van der Waals surface area contributed by atoms with Crippen molar-refractivity contribution in [2.75, 3.05) is 11.6 Å². The van der Waals surface area contributed by atoms with Gasteiger partial charge < -0.3 is 5.32 Å². The molecule has 20 heavy (non-hydrogen) atoms. The van der Waals surface area contributed by atoms with Crippen molar-refractivity contribution in [3.8, 4) is 0 Å². The third-order valence-electron chi connectivity index (χ3n) is 2.66. The van der Waals surface area contributed by atoms with Crippen molar-refractivity contribution < 1.29 is 13.2 Å². The van der Waals surface area contributed by atoms with E-state index < -0.39 is 9.84 Å². The van der Waals surface area contributed by atoms with E-state index in [-0.39, 0.29) is 10.8 Å². The van der Waals surface area contributed by atoms with Crippen LogP contribution in [0.3, 0.4) is 0 Å². The maximum atomic E-state index is 12.1. The molecule has 0 spiro atoms. The lowest BCUT2D eigenvalue weighted by atomic mass is 10.2. The van der Waals surface area contributed by atoms with Crippen LogP contribution < -0.4 is 5.32 Å².